The predicted octanol–water partition coefficient (Wildman–Crippen LogP) is 2.74. The first-order chi connectivity index (χ1) is 8.85. The molecular formula is C15H23NO2. The molecule has 0 bridgehead atoms. The van der Waals surface area contributed by atoms with Crippen molar-refractivity contribution in [2.45, 2.75) is 44.4 Å². The predicted molar refractivity (Wildman–Crippen MR) is 72.9 cm³/mol. The van der Waals surface area contributed by atoms with Gasteiger partial charge in [-0.25, -0.2) is 0 Å². The Labute approximate surface area is 109 Å². The first-order valence-electron chi connectivity index (χ1n) is 6.73. The van der Waals surface area contributed by atoms with Gasteiger partial charge in [-0.2, -0.15) is 0 Å². The Hall–Kier alpha value is -1.06. The molecule has 3 heteroatoms. The Balaban J connectivity index is 1.93. The van der Waals surface area contributed by atoms with Crippen LogP contribution in [0.4, 0.5) is 0 Å². The lowest BCUT2D eigenvalue weighted by atomic mass is 9.92. The summed E-state index contributed by atoms with van der Waals surface area (Å²) in [6.07, 6.45) is 5.30. The number of rotatable bonds is 5. The fourth-order valence-corrected chi connectivity index (χ4v) is 2.70. The number of hydrogen-bond acceptors (Lipinski definition) is 3. The first kappa shape index (κ1) is 13.4. The van der Waals surface area contributed by atoms with Crippen molar-refractivity contribution >= 4 is 0 Å². The summed E-state index contributed by atoms with van der Waals surface area (Å²) in [5, 5.41) is 3.61. The van der Waals surface area contributed by atoms with Crippen molar-refractivity contribution in [1.82, 2.24) is 5.32 Å². The molecule has 1 aromatic rings. The highest BCUT2D eigenvalue weighted by Gasteiger charge is 2.24. The van der Waals surface area contributed by atoms with E-state index in [0.29, 0.717) is 12.1 Å². The molecular weight excluding hydrogens is 226 g/mol. The van der Waals surface area contributed by atoms with Crippen molar-refractivity contribution in [3.8, 4) is 5.75 Å². The van der Waals surface area contributed by atoms with Gasteiger partial charge in [0.1, 0.15) is 5.75 Å². The van der Waals surface area contributed by atoms with Gasteiger partial charge in [0.05, 0.1) is 13.2 Å². The van der Waals surface area contributed by atoms with Crippen LogP contribution < -0.4 is 10.1 Å². The van der Waals surface area contributed by atoms with E-state index < -0.39 is 0 Å². The largest absolute Gasteiger partial charge is 0.496 e. The normalized spacial score (nSPS) is 23.9. The molecule has 0 aromatic heterocycles. The summed E-state index contributed by atoms with van der Waals surface area (Å²) in [5.74, 6) is 0.953. The van der Waals surface area contributed by atoms with Crippen LogP contribution in [-0.2, 0) is 11.3 Å². The second-order valence-corrected chi connectivity index (χ2v) is 4.86. The summed E-state index contributed by atoms with van der Waals surface area (Å²) in [6.45, 7) is 0.842. The van der Waals surface area contributed by atoms with Gasteiger partial charge in [0.2, 0.25) is 0 Å². The third kappa shape index (κ3) is 3.24. The van der Waals surface area contributed by atoms with E-state index in [1.807, 2.05) is 25.3 Å². The topological polar surface area (TPSA) is 30.5 Å². The quantitative estimate of drug-likeness (QED) is 0.870. The number of para-hydroxylation sites is 1. The zero-order valence-corrected chi connectivity index (χ0v) is 11.3. The Morgan fingerprint density at radius 3 is 2.72 bits per heavy atom. The van der Waals surface area contributed by atoms with Gasteiger partial charge in [-0.1, -0.05) is 31.0 Å². The molecule has 0 saturated heterocycles. The van der Waals surface area contributed by atoms with E-state index in [-0.39, 0.29) is 0 Å². The highest BCUT2D eigenvalue weighted by atomic mass is 16.5. The van der Waals surface area contributed by atoms with E-state index in [0.717, 1.165) is 12.3 Å². The molecule has 0 unspecified atom stereocenters. The molecule has 2 rings (SSSR count). The summed E-state index contributed by atoms with van der Waals surface area (Å²) in [4.78, 5) is 0. The lowest BCUT2D eigenvalue weighted by Crippen LogP contribution is -2.42. The van der Waals surface area contributed by atoms with Crippen LogP contribution in [0.3, 0.4) is 0 Å². The van der Waals surface area contributed by atoms with Crippen LogP contribution in [0.25, 0.3) is 0 Å². The molecule has 1 saturated carbocycles. The molecule has 0 heterocycles. The maximum absolute atomic E-state index is 5.55. The Morgan fingerprint density at radius 2 is 1.94 bits per heavy atom. The SMILES string of the molecule is COc1ccccc1CN[C@@H]1CCCC[C@@H]1OC. The Bertz CT molecular complexity index is 367. The Morgan fingerprint density at radius 1 is 1.17 bits per heavy atom. The van der Waals surface area contributed by atoms with Crippen molar-refractivity contribution in [2.24, 2.45) is 0 Å². The molecule has 3 nitrogen and oxygen atoms in total. The van der Waals surface area contributed by atoms with Gasteiger partial charge in [0.15, 0.2) is 0 Å². The van der Waals surface area contributed by atoms with Crippen LogP contribution in [0.5, 0.6) is 5.75 Å². The Kier molecular flexibility index (Phi) is 5.02. The van der Waals surface area contributed by atoms with Crippen LogP contribution in [0.2, 0.25) is 0 Å². The molecule has 0 aliphatic heterocycles. The van der Waals surface area contributed by atoms with Gasteiger partial charge >= 0.3 is 0 Å². The summed E-state index contributed by atoms with van der Waals surface area (Å²) < 4.78 is 10.9. The van der Waals surface area contributed by atoms with Crippen LogP contribution in [0, 0.1) is 0 Å². The average molecular weight is 249 g/mol. The molecule has 1 N–H and O–H groups in total. The zero-order chi connectivity index (χ0) is 12.8. The van der Waals surface area contributed by atoms with Crippen molar-refractivity contribution in [2.75, 3.05) is 14.2 Å². The molecule has 0 amide bonds. The zero-order valence-electron chi connectivity index (χ0n) is 11.3. The lowest BCUT2D eigenvalue weighted by molar-refractivity contribution is 0.0412. The fraction of sp³-hybridized carbons (Fsp3) is 0.600. The molecule has 1 aromatic carbocycles. The number of methoxy groups -OCH3 is 2. The maximum atomic E-state index is 5.55. The van der Waals surface area contributed by atoms with Crippen LogP contribution >= 0.6 is 0 Å². The lowest BCUT2D eigenvalue weighted by Gasteiger charge is -2.31. The second-order valence-electron chi connectivity index (χ2n) is 4.86. The van der Waals surface area contributed by atoms with Gasteiger partial charge in [-0.3, -0.25) is 0 Å². The van der Waals surface area contributed by atoms with Gasteiger partial charge in [0, 0.05) is 25.3 Å². The van der Waals surface area contributed by atoms with E-state index in [9.17, 15) is 0 Å². The van der Waals surface area contributed by atoms with Gasteiger partial charge < -0.3 is 14.8 Å². The first-order valence-corrected chi connectivity index (χ1v) is 6.73. The van der Waals surface area contributed by atoms with Crippen molar-refractivity contribution in [3.05, 3.63) is 29.8 Å². The fourth-order valence-electron chi connectivity index (χ4n) is 2.70. The minimum atomic E-state index is 0.355. The van der Waals surface area contributed by atoms with Crippen LogP contribution in [0.15, 0.2) is 24.3 Å². The summed E-state index contributed by atoms with van der Waals surface area (Å²) in [6, 6.07) is 8.63. The van der Waals surface area contributed by atoms with Crippen LogP contribution in [0.1, 0.15) is 31.2 Å². The molecule has 0 spiro atoms. The molecule has 2 atom stereocenters. The minimum absolute atomic E-state index is 0.355. The number of nitrogens with one attached hydrogen (secondary N) is 1. The van der Waals surface area contributed by atoms with E-state index in [1.54, 1.807) is 7.11 Å². The summed E-state index contributed by atoms with van der Waals surface area (Å²) in [5.41, 5.74) is 1.21. The molecule has 1 aliphatic carbocycles. The second kappa shape index (κ2) is 6.76. The third-order valence-corrected chi connectivity index (χ3v) is 3.75. The van der Waals surface area contributed by atoms with E-state index in [1.165, 1.54) is 31.2 Å². The number of hydrogen-bond donors (Lipinski definition) is 1. The molecule has 18 heavy (non-hydrogen) atoms. The standard InChI is InChI=1S/C15H23NO2/c1-17-14-9-5-3-7-12(14)11-16-13-8-4-6-10-15(13)18-2/h3,5,7,9,13,15-16H,4,6,8,10-11H2,1-2H3/t13-,15+/m1/s1. The highest BCUT2D eigenvalue weighted by Crippen LogP contribution is 2.22. The summed E-state index contributed by atoms with van der Waals surface area (Å²) >= 11 is 0. The highest BCUT2D eigenvalue weighted by molar-refractivity contribution is 5.33. The molecule has 1 aliphatic rings. The van der Waals surface area contributed by atoms with E-state index >= 15 is 0 Å². The van der Waals surface area contributed by atoms with Crippen molar-refractivity contribution in [1.29, 1.82) is 0 Å². The average Bonchev–Trinajstić information content (AvgIpc) is 2.45. The monoisotopic (exact) mass is 249 g/mol. The smallest absolute Gasteiger partial charge is 0.123 e. The number of ether oxygens (including phenoxy) is 2. The van der Waals surface area contributed by atoms with Crippen molar-refractivity contribution in [3.63, 3.8) is 0 Å². The van der Waals surface area contributed by atoms with E-state index in [4.69, 9.17) is 9.47 Å². The van der Waals surface area contributed by atoms with Gasteiger partial charge in [-0.15, -0.1) is 0 Å². The van der Waals surface area contributed by atoms with Gasteiger partial charge in [0.25, 0.3) is 0 Å². The minimum Gasteiger partial charge on any atom is -0.496 e. The number of benzene rings is 1. The molecule has 100 valence electrons. The van der Waals surface area contributed by atoms with E-state index in [2.05, 4.69) is 11.4 Å². The van der Waals surface area contributed by atoms with Crippen molar-refractivity contribution < 1.29 is 9.47 Å². The molecule has 1 fully saturated rings. The summed E-state index contributed by atoms with van der Waals surface area (Å²) in [7, 11) is 3.53. The third-order valence-electron chi connectivity index (χ3n) is 3.75. The van der Waals surface area contributed by atoms with Crippen LogP contribution in [-0.4, -0.2) is 26.4 Å². The molecule has 0 radical (unpaired) electrons. The van der Waals surface area contributed by atoms with Gasteiger partial charge in [-0.05, 0) is 18.9 Å². The maximum Gasteiger partial charge on any atom is 0.123 e.